The summed E-state index contributed by atoms with van der Waals surface area (Å²) in [5, 5.41) is 5.51. The van der Waals surface area contributed by atoms with Gasteiger partial charge in [-0.15, -0.1) is 5.10 Å². The summed E-state index contributed by atoms with van der Waals surface area (Å²) < 4.78 is 3.67. The third-order valence-electron chi connectivity index (χ3n) is 1.41. The number of hydrogen-bond donors (Lipinski definition) is 0. The molecule has 1 aliphatic heterocycles. The molecule has 4 nitrogen and oxygen atoms in total. The molecule has 0 unspecified atom stereocenters. The summed E-state index contributed by atoms with van der Waals surface area (Å²) in [5.74, 6) is 0.673. The Morgan fingerprint density at radius 1 is 1.64 bits per heavy atom. The molecule has 1 aromatic heterocycles. The largest absolute Gasteiger partial charge is 0.274 e. The van der Waals surface area contributed by atoms with Crippen LogP contribution in [0.5, 0.6) is 0 Å². The first-order chi connectivity index (χ1) is 5.38. The smallest absolute Gasteiger partial charge is 0.236 e. The Kier molecular flexibility index (Phi) is 1.43. The van der Waals surface area contributed by atoms with Gasteiger partial charge in [-0.25, -0.2) is 0 Å². The van der Waals surface area contributed by atoms with E-state index >= 15 is 0 Å². The molecule has 2 rings (SSSR count). The van der Waals surface area contributed by atoms with Gasteiger partial charge in [-0.1, -0.05) is 10.6 Å². The molecule has 1 aliphatic rings. The van der Waals surface area contributed by atoms with Crippen LogP contribution in [0.15, 0.2) is 17.7 Å². The average molecular weight is 167 g/mol. The summed E-state index contributed by atoms with van der Waals surface area (Å²) in [4.78, 5) is 12.6. The zero-order chi connectivity index (χ0) is 7.68. The molecule has 0 spiro atoms. The van der Waals surface area contributed by atoms with Gasteiger partial charge in [-0.05, 0) is 11.5 Å². The Morgan fingerprint density at radius 3 is 3.09 bits per heavy atom. The lowest BCUT2D eigenvalue weighted by Gasteiger charge is -2.06. The fourth-order valence-corrected chi connectivity index (χ4v) is 1.34. The van der Waals surface area contributed by atoms with Crippen LogP contribution in [-0.4, -0.2) is 15.5 Å². The Labute approximate surface area is 67.3 Å². The summed E-state index contributed by atoms with van der Waals surface area (Å²) in [6.45, 7) is 0. The highest BCUT2D eigenvalue weighted by Crippen LogP contribution is 2.17. The van der Waals surface area contributed by atoms with Gasteiger partial charge < -0.3 is 0 Å². The summed E-state index contributed by atoms with van der Waals surface area (Å²) in [6.07, 6.45) is 4.00. The molecule has 0 N–H and O–H groups in total. The van der Waals surface area contributed by atoms with Gasteiger partial charge in [0.15, 0.2) is 5.82 Å². The zero-order valence-electron chi connectivity index (χ0n) is 5.60. The molecule has 0 saturated heterocycles. The highest BCUT2D eigenvalue weighted by Gasteiger charge is 2.18. The monoisotopic (exact) mass is 167 g/mol. The van der Waals surface area contributed by atoms with Crippen molar-refractivity contribution in [3.63, 3.8) is 0 Å². The zero-order valence-corrected chi connectivity index (χ0v) is 6.41. The van der Waals surface area contributed by atoms with Crippen LogP contribution in [-0.2, 0) is 4.79 Å². The van der Waals surface area contributed by atoms with Gasteiger partial charge in [0.25, 0.3) is 0 Å². The van der Waals surface area contributed by atoms with Crippen molar-refractivity contribution in [3.8, 4) is 0 Å². The molecule has 0 aliphatic carbocycles. The summed E-state index contributed by atoms with van der Waals surface area (Å²) in [5.41, 5.74) is 0. The van der Waals surface area contributed by atoms with E-state index in [2.05, 4.69) is 9.59 Å². The van der Waals surface area contributed by atoms with Crippen LogP contribution in [0.1, 0.15) is 6.42 Å². The topological polar surface area (TPSA) is 46.1 Å². The number of nitrogens with zero attached hydrogens (tertiary/aromatic N) is 3. The van der Waals surface area contributed by atoms with Crippen molar-refractivity contribution in [3.05, 3.63) is 17.7 Å². The Bertz CT molecular complexity index is 293. The minimum Gasteiger partial charge on any atom is -0.274 e. The Hall–Kier alpha value is -1.23. The first-order valence-corrected chi connectivity index (χ1v) is 3.97. The standard InChI is InChI=1S/C6H5N3OS/c10-6-2-1-3-9(6)5-4-11-8-7-5/h1,3-4H,2H2. The minimum absolute atomic E-state index is 0.0534. The van der Waals surface area contributed by atoms with E-state index in [-0.39, 0.29) is 5.91 Å². The quantitative estimate of drug-likeness (QED) is 0.621. The van der Waals surface area contributed by atoms with E-state index < -0.39 is 0 Å². The highest BCUT2D eigenvalue weighted by molar-refractivity contribution is 7.03. The molecule has 0 radical (unpaired) electrons. The van der Waals surface area contributed by atoms with E-state index in [0.29, 0.717) is 12.2 Å². The SMILES string of the molecule is O=C1CC=CN1c1csnn1. The fourth-order valence-electron chi connectivity index (χ4n) is 0.909. The molecule has 1 amide bonds. The lowest BCUT2D eigenvalue weighted by atomic mass is 10.4. The average Bonchev–Trinajstić information content (AvgIpc) is 2.55. The molecule has 1 aromatic rings. The summed E-state index contributed by atoms with van der Waals surface area (Å²) in [7, 11) is 0. The van der Waals surface area contributed by atoms with Crippen LogP contribution in [0.2, 0.25) is 0 Å². The first-order valence-electron chi connectivity index (χ1n) is 3.14. The molecule has 5 heteroatoms. The van der Waals surface area contributed by atoms with Gasteiger partial charge in [0.2, 0.25) is 5.91 Å². The molecule has 0 saturated carbocycles. The van der Waals surface area contributed by atoms with E-state index in [1.165, 1.54) is 16.4 Å². The molecule has 0 fully saturated rings. The predicted molar refractivity (Wildman–Crippen MR) is 41.2 cm³/mol. The van der Waals surface area contributed by atoms with Crippen molar-refractivity contribution in [1.82, 2.24) is 9.59 Å². The van der Waals surface area contributed by atoms with Crippen LogP contribution in [0, 0.1) is 0 Å². The Balaban J connectivity index is 2.30. The maximum absolute atomic E-state index is 11.1. The fraction of sp³-hybridized carbons (Fsp3) is 0.167. The van der Waals surface area contributed by atoms with E-state index in [0.717, 1.165) is 0 Å². The van der Waals surface area contributed by atoms with Gasteiger partial charge >= 0.3 is 0 Å². The van der Waals surface area contributed by atoms with Crippen molar-refractivity contribution >= 4 is 23.3 Å². The molecule has 0 atom stereocenters. The van der Waals surface area contributed by atoms with Crippen molar-refractivity contribution in [1.29, 1.82) is 0 Å². The maximum atomic E-state index is 11.1. The van der Waals surface area contributed by atoms with Crippen LogP contribution in [0.3, 0.4) is 0 Å². The van der Waals surface area contributed by atoms with Gasteiger partial charge in [0.05, 0.1) is 5.38 Å². The highest BCUT2D eigenvalue weighted by atomic mass is 32.1. The third-order valence-corrected chi connectivity index (χ3v) is 1.90. The van der Waals surface area contributed by atoms with Crippen molar-refractivity contribution < 1.29 is 4.79 Å². The second-order valence-corrected chi connectivity index (χ2v) is 2.73. The van der Waals surface area contributed by atoms with Crippen molar-refractivity contribution in [2.45, 2.75) is 6.42 Å². The lowest BCUT2D eigenvalue weighted by molar-refractivity contribution is -0.116. The molecular formula is C6H5N3OS. The van der Waals surface area contributed by atoms with E-state index in [1.807, 2.05) is 6.08 Å². The molecule has 0 bridgehead atoms. The van der Waals surface area contributed by atoms with Crippen molar-refractivity contribution in [2.75, 3.05) is 4.90 Å². The Morgan fingerprint density at radius 2 is 2.55 bits per heavy atom. The minimum atomic E-state index is 0.0534. The number of amides is 1. The van der Waals surface area contributed by atoms with Crippen LogP contribution >= 0.6 is 11.5 Å². The van der Waals surface area contributed by atoms with Crippen molar-refractivity contribution in [2.24, 2.45) is 0 Å². The van der Waals surface area contributed by atoms with E-state index in [4.69, 9.17) is 0 Å². The van der Waals surface area contributed by atoms with Gasteiger partial charge in [-0.3, -0.25) is 9.69 Å². The number of carbonyl (C=O) groups excluding carboxylic acids is 1. The lowest BCUT2D eigenvalue weighted by Crippen LogP contribution is -2.19. The van der Waals surface area contributed by atoms with Gasteiger partial charge in [0.1, 0.15) is 0 Å². The van der Waals surface area contributed by atoms with Gasteiger partial charge in [0, 0.05) is 12.6 Å². The predicted octanol–water partition coefficient (Wildman–Crippen LogP) is 0.788. The van der Waals surface area contributed by atoms with E-state index in [9.17, 15) is 4.79 Å². The normalized spacial score (nSPS) is 16.4. The second kappa shape index (κ2) is 2.43. The molecular weight excluding hydrogens is 162 g/mol. The number of hydrogen-bond acceptors (Lipinski definition) is 4. The van der Waals surface area contributed by atoms with Crippen LogP contribution in [0.4, 0.5) is 5.82 Å². The van der Waals surface area contributed by atoms with Crippen LogP contribution < -0.4 is 4.90 Å². The van der Waals surface area contributed by atoms with Gasteiger partial charge in [-0.2, -0.15) is 0 Å². The second-order valence-electron chi connectivity index (χ2n) is 2.12. The van der Waals surface area contributed by atoms with Crippen LogP contribution in [0.25, 0.3) is 0 Å². The molecule has 11 heavy (non-hydrogen) atoms. The number of anilines is 1. The van der Waals surface area contributed by atoms with E-state index in [1.54, 1.807) is 11.6 Å². The summed E-state index contributed by atoms with van der Waals surface area (Å²) >= 11 is 1.24. The molecule has 2 heterocycles. The maximum Gasteiger partial charge on any atom is 0.236 e. The molecule has 56 valence electrons. The number of carbonyl (C=O) groups is 1. The number of aromatic nitrogens is 2. The summed E-state index contributed by atoms with van der Waals surface area (Å²) in [6, 6.07) is 0. The third kappa shape index (κ3) is 1.03. The first kappa shape index (κ1) is 6.48. The molecule has 0 aromatic carbocycles. The number of rotatable bonds is 1.